The lowest BCUT2D eigenvalue weighted by molar-refractivity contribution is 0.629. The summed E-state index contributed by atoms with van der Waals surface area (Å²) in [5.74, 6) is -0.654. The summed E-state index contributed by atoms with van der Waals surface area (Å²) in [5.41, 5.74) is 15.2. The van der Waals surface area contributed by atoms with Gasteiger partial charge in [0.05, 0.1) is 17.1 Å². The maximum Gasteiger partial charge on any atom is 0.148 e. The first-order valence-electron chi connectivity index (χ1n) is 24.1. The molecular formula is C67H48F2N2. The summed E-state index contributed by atoms with van der Waals surface area (Å²) < 4.78 is 35.3. The van der Waals surface area contributed by atoms with Gasteiger partial charge in [0.2, 0.25) is 0 Å². The summed E-state index contributed by atoms with van der Waals surface area (Å²) in [4.78, 5) is 4.18. The van der Waals surface area contributed by atoms with Crippen LogP contribution in [-0.4, -0.2) is 0 Å². The molecule has 0 atom stereocenters. The van der Waals surface area contributed by atoms with Crippen molar-refractivity contribution in [3.63, 3.8) is 0 Å². The largest absolute Gasteiger partial charge is 0.307 e. The van der Waals surface area contributed by atoms with Gasteiger partial charge in [0.1, 0.15) is 11.6 Å². The number of halogens is 2. The predicted molar refractivity (Wildman–Crippen MR) is 293 cm³/mol. The van der Waals surface area contributed by atoms with Crippen molar-refractivity contribution in [1.82, 2.24) is 0 Å². The van der Waals surface area contributed by atoms with Gasteiger partial charge in [-0.1, -0.05) is 202 Å². The zero-order valence-electron chi connectivity index (χ0n) is 39.4. The molecule has 0 fully saturated rings. The fourth-order valence-electron chi connectivity index (χ4n) is 10.7. The molecule has 0 saturated heterocycles. The van der Waals surface area contributed by atoms with Gasteiger partial charge in [0, 0.05) is 39.0 Å². The molecule has 11 aromatic rings. The van der Waals surface area contributed by atoms with Crippen molar-refractivity contribution in [2.45, 2.75) is 19.3 Å². The van der Waals surface area contributed by atoms with Crippen molar-refractivity contribution in [2.24, 2.45) is 0 Å². The van der Waals surface area contributed by atoms with E-state index in [-0.39, 0.29) is 11.6 Å². The van der Waals surface area contributed by atoms with Gasteiger partial charge in [-0.05, 0) is 128 Å². The van der Waals surface area contributed by atoms with Crippen LogP contribution in [0.5, 0.6) is 0 Å². The van der Waals surface area contributed by atoms with Crippen molar-refractivity contribution in [3.8, 4) is 55.6 Å². The van der Waals surface area contributed by atoms with E-state index in [0.29, 0.717) is 11.4 Å². The Morgan fingerprint density at radius 3 is 1.21 bits per heavy atom. The molecule has 0 aromatic heterocycles. The fourth-order valence-corrected chi connectivity index (χ4v) is 10.7. The van der Waals surface area contributed by atoms with Gasteiger partial charge in [-0.25, -0.2) is 8.78 Å². The Morgan fingerprint density at radius 1 is 0.310 bits per heavy atom. The molecule has 2 nitrogen and oxygen atoms in total. The zero-order chi connectivity index (χ0) is 48.1. The first-order valence-corrected chi connectivity index (χ1v) is 24.1. The minimum atomic E-state index is -0.542. The molecule has 1 aliphatic carbocycles. The van der Waals surface area contributed by atoms with Crippen LogP contribution in [0, 0.1) is 11.6 Å². The van der Waals surface area contributed by atoms with Crippen LogP contribution in [0.3, 0.4) is 0 Å². The summed E-state index contributed by atoms with van der Waals surface area (Å²) in [5, 5.41) is 2.06. The van der Waals surface area contributed by atoms with Gasteiger partial charge in [-0.3, -0.25) is 0 Å². The molecule has 12 rings (SSSR count). The highest BCUT2D eigenvalue weighted by molar-refractivity contribution is 6.11. The van der Waals surface area contributed by atoms with Gasteiger partial charge < -0.3 is 9.80 Å². The van der Waals surface area contributed by atoms with E-state index in [1.54, 1.807) is 12.1 Å². The van der Waals surface area contributed by atoms with E-state index < -0.39 is 5.41 Å². The number of fused-ring (bicyclic) bond motifs is 5. The van der Waals surface area contributed by atoms with Crippen molar-refractivity contribution in [3.05, 3.63) is 278 Å². The SMILES string of the molecule is CC1(C)c2cc(N(c3ccccc3)c3c(F)cc(-c4ccccc4)cc3-c3ccccc3)ccc2-c2c1cc(N(c1ccccc1)c1c(F)cc(-c3ccccc3)cc1-c1ccccc1)c1ccccc21. The van der Waals surface area contributed by atoms with E-state index in [4.69, 9.17) is 0 Å². The Bertz CT molecular complexity index is 3730. The molecule has 4 heteroatoms. The molecule has 0 bridgehead atoms. The average molecular weight is 919 g/mol. The molecule has 0 N–H and O–H groups in total. The summed E-state index contributed by atoms with van der Waals surface area (Å²) in [6, 6.07) is 85.4. The van der Waals surface area contributed by atoms with E-state index >= 15 is 8.78 Å². The highest BCUT2D eigenvalue weighted by Gasteiger charge is 2.39. The summed E-state index contributed by atoms with van der Waals surface area (Å²) >= 11 is 0. The van der Waals surface area contributed by atoms with Gasteiger partial charge in [0.25, 0.3) is 0 Å². The Balaban J connectivity index is 1.07. The molecule has 0 amide bonds. The van der Waals surface area contributed by atoms with E-state index in [1.165, 1.54) is 0 Å². The molecule has 340 valence electrons. The molecule has 0 aliphatic heterocycles. The first-order chi connectivity index (χ1) is 34.8. The predicted octanol–water partition coefficient (Wildman–Crippen LogP) is 19.0. The Morgan fingerprint density at radius 2 is 0.718 bits per heavy atom. The lowest BCUT2D eigenvalue weighted by atomic mass is 9.81. The lowest BCUT2D eigenvalue weighted by Gasteiger charge is -2.32. The molecule has 0 saturated carbocycles. The van der Waals surface area contributed by atoms with Crippen LogP contribution in [0.15, 0.2) is 255 Å². The summed E-state index contributed by atoms with van der Waals surface area (Å²) in [6.45, 7) is 4.55. The molecule has 0 unspecified atom stereocenters. The number of benzene rings is 11. The minimum Gasteiger partial charge on any atom is -0.307 e. The second-order valence-corrected chi connectivity index (χ2v) is 18.7. The van der Waals surface area contributed by atoms with Crippen LogP contribution in [0.2, 0.25) is 0 Å². The highest BCUT2D eigenvalue weighted by Crippen LogP contribution is 2.57. The molecule has 0 spiro atoms. The zero-order valence-corrected chi connectivity index (χ0v) is 39.4. The first kappa shape index (κ1) is 43.4. The van der Waals surface area contributed by atoms with Crippen LogP contribution in [0.4, 0.5) is 42.9 Å². The van der Waals surface area contributed by atoms with E-state index in [9.17, 15) is 0 Å². The highest BCUT2D eigenvalue weighted by atomic mass is 19.1. The number of rotatable bonds is 10. The molecular weight excluding hydrogens is 871 g/mol. The quantitative estimate of drug-likeness (QED) is 0.135. The van der Waals surface area contributed by atoms with Crippen LogP contribution >= 0.6 is 0 Å². The van der Waals surface area contributed by atoms with Crippen molar-refractivity contribution < 1.29 is 8.78 Å². The standard InChI is InChI=1S/C67H48F2N2/c1-67(2)59-43-53(70(51-31-17-7-18-32-51)65-57(47-27-13-5-14-28-47)39-49(41-61(65)68)45-23-9-3-10-24-45)37-38-56(59)64-55-36-22-21-35-54(55)63(44-60(64)67)71(52-33-19-8-20-34-52)66-58(48-29-15-6-16-30-48)40-50(42-62(66)69)46-25-11-4-12-26-46/h3-44H,1-2H3. The van der Waals surface area contributed by atoms with Crippen molar-refractivity contribution in [1.29, 1.82) is 0 Å². The number of nitrogens with zero attached hydrogens (tertiary/aromatic N) is 2. The number of para-hydroxylation sites is 2. The molecule has 71 heavy (non-hydrogen) atoms. The molecule has 11 aromatic carbocycles. The number of hydrogen-bond acceptors (Lipinski definition) is 2. The van der Waals surface area contributed by atoms with E-state index in [2.05, 4.69) is 109 Å². The molecule has 1 aliphatic rings. The Kier molecular flexibility index (Phi) is 10.9. The normalized spacial score (nSPS) is 12.3. The maximum absolute atomic E-state index is 17.7. The second kappa shape index (κ2) is 17.9. The topological polar surface area (TPSA) is 6.48 Å². The summed E-state index contributed by atoms with van der Waals surface area (Å²) in [7, 11) is 0. The second-order valence-electron chi connectivity index (χ2n) is 18.7. The summed E-state index contributed by atoms with van der Waals surface area (Å²) in [6.07, 6.45) is 0. The Labute approximate surface area is 414 Å². The van der Waals surface area contributed by atoms with Crippen molar-refractivity contribution in [2.75, 3.05) is 9.80 Å². The lowest BCUT2D eigenvalue weighted by Crippen LogP contribution is -2.19. The Hall–Kier alpha value is -8.86. The monoisotopic (exact) mass is 918 g/mol. The maximum atomic E-state index is 17.7. The van der Waals surface area contributed by atoms with Gasteiger partial charge >= 0.3 is 0 Å². The van der Waals surface area contributed by atoms with Gasteiger partial charge in [-0.15, -0.1) is 0 Å². The smallest absolute Gasteiger partial charge is 0.148 e. The number of hydrogen-bond donors (Lipinski definition) is 0. The average Bonchev–Trinajstić information content (AvgIpc) is 3.66. The minimum absolute atomic E-state index is 0.326. The van der Waals surface area contributed by atoms with Gasteiger partial charge in [-0.2, -0.15) is 0 Å². The third-order valence-electron chi connectivity index (χ3n) is 14.1. The van der Waals surface area contributed by atoms with Crippen LogP contribution in [0.25, 0.3) is 66.4 Å². The van der Waals surface area contributed by atoms with E-state index in [1.807, 2.05) is 158 Å². The van der Waals surface area contributed by atoms with Crippen LogP contribution < -0.4 is 9.80 Å². The van der Waals surface area contributed by atoms with Crippen LogP contribution in [-0.2, 0) is 5.41 Å². The fraction of sp³-hybridized carbons (Fsp3) is 0.0448. The van der Waals surface area contributed by atoms with Crippen LogP contribution in [0.1, 0.15) is 25.0 Å². The molecule has 0 radical (unpaired) electrons. The third kappa shape index (κ3) is 7.65. The molecule has 0 heterocycles. The number of anilines is 6. The van der Waals surface area contributed by atoms with E-state index in [0.717, 1.165) is 100 Å². The van der Waals surface area contributed by atoms with Gasteiger partial charge in [0.15, 0.2) is 0 Å². The van der Waals surface area contributed by atoms with Crippen molar-refractivity contribution >= 4 is 44.9 Å². The third-order valence-corrected chi connectivity index (χ3v) is 14.1.